The van der Waals surface area contributed by atoms with E-state index in [4.69, 9.17) is 108 Å². The Morgan fingerprint density at radius 3 is 1.16 bits per heavy atom. The predicted molar refractivity (Wildman–Crippen MR) is 200 cm³/mol. The number of carbonyl (C=O) groups is 1. The van der Waals surface area contributed by atoms with E-state index in [0.717, 1.165) is 0 Å². The van der Waals surface area contributed by atoms with Gasteiger partial charge in [0.05, 0.1) is 63.9 Å². The molecular weight excluding hydrogens is 781 g/mol. The lowest BCUT2D eigenvalue weighted by Crippen LogP contribution is -2.50. The maximum Gasteiger partial charge on any atom is 0.159 e. The Kier molecular flexibility index (Phi) is 39.7. The van der Waals surface area contributed by atoms with Gasteiger partial charge in [0.2, 0.25) is 0 Å². The van der Waals surface area contributed by atoms with Crippen molar-refractivity contribution >= 4 is 29.0 Å². The molecule has 0 unspecified atom stereocenters. The van der Waals surface area contributed by atoms with Crippen molar-refractivity contribution < 1.29 is 39.4 Å². The number of hydrogen-bond acceptors (Lipinski definition) is 17. The predicted octanol–water partition coefficient (Wildman–Crippen LogP) is 1.97. The summed E-state index contributed by atoms with van der Waals surface area (Å²) in [5.41, 5.74) is 61.7. The molecule has 0 rings (SSSR count). The van der Waals surface area contributed by atoms with Crippen LogP contribution in [-0.2, 0) is 19.0 Å². The van der Waals surface area contributed by atoms with Crippen LogP contribution in [0.25, 0.3) is 62.7 Å². The second-order valence-electron chi connectivity index (χ2n) is 11.2. The smallest absolute Gasteiger partial charge is 0.159 e. The first kappa shape index (κ1) is 57.4. The van der Waals surface area contributed by atoms with Crippen LogP contribution < -0.4 is 17.2 Å². The van der Waals surface area contributed by atoms with E-state index in [9.17, 15) is 4.79 Å². The second-order valence-corrected chi connectivity index (χ2v) is 11.7. The lowest BCUT2D eigenvalue weighted by molar-refractivity contribution is -0.126. The van der Waals surface area contributed by atoms with Gasteiger partial charge in [-0.3, -0.25) is 4.79 Å². The van der Waals surface area contributed by atoms with Gasteiger partial charge in [0, 0.05) is 99.6 Å². The van der Waals surface area contributed by atoms with Gasteiger partial charge < -0.3 is 51.8 Å². The lowest BCUT2D eigenvalue weighted by Gasteiger charge is -2.28. The average molecular weight is 831 g/mol. The van der Waals surface area contributed by atoms with Crippen LogP contribution in [-0.4, -0.2) is 160 Å². The number of halogens is 2. The number of ketones is 1. The number of carbonyl (C=O) groups excluding carboxylic acids is 1. The fourth-order valence-corrected chi connectivity index (χ4v) is 3.27. The van der Waals surface area contributed by atoms with Crippen LogP contribution in [0, 0.1) is 5.41 Å². The molecule has 0 saturated heterocycles. The summed E-state index contributed by atoms with van der Waals surface area (Å²) in [7, 11) is 1.56. The molecule has 0 spiro atoms. The number of aliphatic hydroxyl groups is 4. The summed E-state index contributed by atoms with van der Waals surface area (Å²) in [5.74, 6) is 0.0753. The summed E-state index contributed by atoms with van der Waals surface area (Å²) in [6.07, 6.45) is -0.116. The van der Waals surface area contributed by atoms with Gasteiger partial charge in [-0.25, -0.2) is 0 Å². The molecule has 0 aliphatic rings. The fourth-order valence-electron chi connectivity index (χ4n) is 2.82. The molecule has 31 heteroatoms. The zero-order valence-electron chi connectivity index (χ0n) is 30.2. The van der Waals surface area contributed by atoms with Crippen LogP contribution in [0.3, 0.4) is 0 Å². The Labute approximate surface area is 324 Å². The van der Waals surface area contributed by atoms with E-state index in [0.29, 0.717) is 19.8 Å². The summed E-state index contributed by atoms with van der Waals surface area (Å²) >= 11 is 10.7. The number of azide groups is 6. The molecule has 0 atom stereocenters. The molecule has 55 heavy (non-hydrogen) atoms. The van der Waals surface area contributed by atoms with Crippen molar-refractivity contribution in [3.05, 3.63) is 62.7 Å². The minimum Gasteiger partial charge on any atom is -0.394 e. The molecule has 0 aliphatic heterocycles. The van der Waals surface area contributed by atoms with Crippen molar-refractivity contribution in [1.29, 1.82) is 0 Å². The summed E-state index contributed by atoms with van der Waals surface area (Å²) in [6.45, 7) is -0.832. The first-order chi connectivity index (χ1) is 26.2. The van der Waals surface area contributed by atoms with Gasteiger partial charge in [0.1, 0.15) is 6.61 Å². The van der Waals surface area contributed by atoms with E-state index in [2.05, 4.69) is 60.2 Å². The highest BCUT2D eigenvalue weighted by molar-refractivity contribution is 6.22. The third kappa shape index (κ3) is 34.0. The normalized spacial score (nSPS) is 12.3. The summed E-state index contributed by atoms with van der Waals surface area (Å²) in [4.78, 5) is 27.6. The van der Waals surface area contributed by atoms with Crippen molar-refractivity contribution in [2.24, 2.45) is 53.3 Å². The average Bonchev–Trinajstić information content (AvgIpc) is 3.21. The van der Waals surface area contributed by atoms with E-state index in [1.54, 1.807) is 7.11 Å². The van der Waals surface area contributed by atoms with Crippen molar-refractivity contribution in [3.63, 3.8) is 0 Å². The molecule has 312 valence electrons. The van der Waals surface area contributed by atoms with Crippen LogP contribution >= 0.6 is 23.2 Å². The largest absolute Gasteiger partial charge is 0.394 e. The van der Waals surface area contributed by atoms with E-state index >= 15 is 0 Å². The Morgan fingerprint density at radius 1 is 0.564 bits per heavy atom. The van der Waals surface area contributed by atoms with Gasteiger partial charge in [0.25, 0.3) is 0 Å². The fraction of sp³-hybridized carbons (Fsp3) is 0.958. The maximum absolute atomic E-state index is 12.1. The highest BCUT2D eigenvalue weighted by Crippen LogP contribution is 2.25. The molecular formula is C24H49Cl2N21O8. The number of Topliss-reactive ketones (excluding diaryl/α,β-unsaturated/α-hetero) is 1. The minimum atomic E-state index is -1.21. The van der Waals surface area contributed by atoms with E-state index < -0.39 is 41.9 Å². The molecule has 0 aliphatic carbocycles. The van der Waals surface area contributed by atoms with E-state index in [1.165, 1.54) is 0 Å². The standard InChI is InChI=1S/C12H21N9O4.C4H9Cl2NO.C4H8N10.C4H11NO3/c1-23-2-3-24-4-5-25-7-11(22)6-12(8-16-19-13,9-17-20-14)10-18-21-15;5-1-4(7,2-6)3-8;5-4(1-9-12-6,2-10-13-7)3-11-14-8;5-4(1-6,2-7)3-8/h2-10H2,1H3;8H,1-3,7H2;1-3,5H2;6-8H,1-3,5H2. The zero-order valence-corrected chi connectivity index (χ0v) is 31.7. The summed E-state index contributed by atoms with van der Waals surface area (Å²) < 4.78 is 15.2. The molecule has 0 aromatic heterocycles. The van der Waals surface area contributed by atoms with E-state index in [-0.39, 0.29) is 83.1 Å². The van der Waals surface area contributed by atoms with Gasteiger partial charge in [-0.2, -0.15) is 0 Å². The second kappa shape index (κ2) is 38.0. The number of alkyl halides is 2. The molecule has 0 amide bonds. The Balaban J connectivity index is -0.000000361. The number of ether oxygens (including phenoxy) is 3. The Morgan fingerprint density at radius 2 is 0.891 bits per heavy atom. The van der Waals surface area contributed by atoms with Crippen LogP contribution in [0.15, 0.2) is 30.7 Å². The molecule has 29 nitrogen and oxygen atoms in total. The van der Waals surface area contributed by atoms with Gasteiger partial charge in [-0.1, -0.05) is 30.7 Å². The maximum atomic E-state index is 12.1. The van der Waals surface area contributed by atoms with Gasteiger partial charge in [-0.15, -0.1) is 23.2 Å². The van der Waals surface area contributed by atoms with Crippen LogP contribution in [0.1, 0.15) is 6.42 Å². The molecule has 10 N–H and O–H groups in total. The first-order valence-electron chi connectivity index (χ1n) is 15.3. The van der Waals surface area contributed by atoms with Crippen molar-refractivity contribution in [2.45, 2.75) is 23.0 Å². The molecule has 0 radical (unpaired) electrons. The van der Waals surface area contributed by atoms with Crippen molar-refractivity contribution in [3.8, 4) is 0 Å². The number of aliphatic hydroxyl groups excluding tert-OH is 4. The number of nitrogens with two attached hydrogens (primary N) is 3. The van der Waals surface area contributed by atoms with Gasteiger partial charge >= 0.3 is 0 Å². The number of hydrogen-bond donors (Lipinski definition) is 7. The number of rotatable bonds is 28. The topological polar surface area (TPSA) is 496 Å². The highest BCUT2D eigenvalue weighted by atomic mass is 35.5. The molecule has 0 aromatic carbocycles. The first-order valence-corrected chi connectivity index (χ1v) is 16.4. The highest BCUT2D eigenvalue weighted by Gasteiger charge is 2.31. The minimum absolute atomic E-state index is 0.0957. The number of methoxy groups -OCH3 is 1. The Hall–Kier alpha value is -4.29. The SMILES string of the molecule is COCCOCCOCC(=O)CC(CN=[N+]=[N-])(CN=[N+]=[N-])CN=[N+]=[N-].NC(CO)(CCl)CCl.NC(CO)(CO)CO.[N-]=[N+]=NCC(N)(CN=[N+]=[N-])CN=[N+]=[N-]. The van der Waals surface area contributed by atoms with Gasteiger partial charge in [-0.05, 0) is 38.6 Å². The van der Waals surface area contributed by atoms with Gasteiger partial charge in [0.15, 0.2) is 5.78 Å². The molecule has 0 saturated carbocycles. The summed E-state index contributed by atoms with van der Waals surface area (Å²) in [6, 6.07) is 0. The lowest BCUT2D eigenvalue weighted by atomic mass is 9.83. The zero-order chi connectivity index (χ0) is 42.9. The van der Waals surface area contributed by atoms with Crippen molar-refractivity contribution in [1.82, 2.24) is 0 Å². The molecule has 0 aromatic rings. The Bertz CT molecular complexity index is 1190. The van der Waals surface area contributed by atoms with E-state index in [1.807, 2.05) is 0 Å². The third-order valence-corrected chi connectivity index (χ3v) is 7.25. The van der Waals surface area contributed by atoms with Crippen LogP contribution in [0.4, 0.5) is 0 Å². The summed E-state index contributed by atoms with van der Waals surface area (Å²) in [5, 5.41) is 53.5. The quantitative estimate of drug-likeness (QED) is 0.0196. The monoisotopic (exact) mass is 829 g/mol. The number of nitrogens with zero attached hydrogens (tertiary/aromatic N) is 18. The molecule has 0 bridgehead atoms. The van der Waals surface area contributed by atoms with Crippen LogP contribution in [0.5, 0.6) is 0 Å². The molecule has 0 fully saturated rings. The van der Waals surface area contributed by atoms with Crippen LogP contribution in [0.2, 0.25) is 0 Å². The molecule has 0 heterocycles. The van der Waals surface area contributed by atoms with Crippen molar-refractivity contribution in [2.75, 3.05) is 118 Å². The third-order valence-electron chi connectivity index (χ3n) is 6.19.